The Morgan fingerprint density at radius 1 is 1.00 bits per heavy atom. The predicted molar refractivity (Wildman–Crippen MR) is 158 cm³/mol. The van der Waals surface area contributed by atoms with Gasteiger partial charge in [-0.15, -0.1) is 0 Å². The number of benzene rings is 2. The molecular formula is C32H32ClF2N5O. The van der Waals surface area contributed by atoms with Crippen LogP contribution in [0.4, 0.5) is 20.2 Å². The number of carbonyl (C=O) groups is 1. The third kappa shape index (κ3) is 5.94. The molecule has 2 saturated heterocycles. The van der Waals surface area contributed by atoms with Gasteiger partial charge in [-0.2, -0.15) is 0 Å². The number of carbonyl (C=O) groups excluding carboxylic acids is 1. The van der Waals surface area contributed by atoms with Crippen molar-refractivity contribution >= 4 is 28.9 Å². The van der Waals surface area contributed by atoms with E-state index in [1.54, 1.807) is 36.5 Å². The van der Waals surface area contributed by atoms with Gasteiger partial charge in [0.25, 0.3) is 11.8 Å². The monoisotopic (exact) mass is 575 g/mol. The van der Waals surface area contributed by atoms with Crippen LogP contribution in [0.1, 0.15) is 57.9 Å². The van der Waals surface area contributed by atoms with Gasteiger partial charge in [0.05, 0.1) is 16.9 Å². The molecule has 212 valence electrons. The molecule has 3 heterocycles. The van der Waals surface area contributed by atoms with Crippen LogP contribution in [0.3, 0.4) is 0 Å². The van der Waals surface area contributed by atoms with Gasteiger partial charge in [-0.3, -0.25) is 14.7 Å². The number of aromatic nitrogens is 1. The number of nitrogens with one attached hydrogen (secondary N) is 1. The summed E-state index contributed by atoms with van der Waals surface area (Å²) >= 11 is 6.40. The standard InChI is InChI=1S/C32H32ClF2N5O/c1-38-12-14-40(15-13-38)30-19-32(34,35)28-18-25(7-8-27(28)30)37-31(41)24-6-9-29(33)23(17-24)5-4-22-16-26(21-36-20-22)39-10-2-3-11-39/h6-9,16-18,20-21,30H,2-3,10-15,19H2,1H3,(H,37,41). The van der Waals surface area contributed by atoms with Gasteiger partial charge in [-0.25, -0.2) is 8.78 Å². The van der Waals surface area contributed by atoms with Crippen molar-refractivity contribution in [2.24, 2.45) is 0 Å². The normalized spacial score (nSPS) is 20.4. The number of nitrogens with zero attached hydrogens (tertiary/aromatic N) is 4. The second kappa shape index (κ2) is 11.4. The maximum atomic E-state index is 15.1. The van der Waals surface area contributed by atoms with Gasteiger partial charge in [0, 0.05) is 85.9 Å². The van der Waals surface area contributed by atoms with Crippen LogP contribution in [0, 0.1) is 11.8 Å². The van der Waals surface area contributed by atoms with Crippen LogP contribution < -0.4 is 10.2 Å². The summed E-state index contributed by atoms with van der Waals surface area (Å²) in [7, 11) is 2.05. The molecule has 9 heteroatoms. The molecule has 1 amide bonds. The first kappa shape index (κ1) is 27.6. The van der Waals surface area contributed by atoms with Crippen LogP contribution >= 0.6 is 11.6 Å². The molecule has 3 aromatic rings. The predicted octanol–water partition coefficient (Wildman–Crippen LogP) is 5.77. The van der Waals surface area contributed by atoms with Crippen LogP contribution in [-0.4, -0.2) is 67.0 Å². The Bertz CT molecular complexity index is 1520. The quantitative estimate of drug-likeness (QED) is 0.400. The summed E-state index contributed by atoms with van der Waals surface area (Å²) in [5.74, 6) is 2.80. The summed E-state index contributed by atoms with van der Waals surface area (Å²) in [6, 6.07) is 11.4. The molecule has 1 aliphatic carbocycles. The first-order chi connectivity index (χ1) is 19.8. The smallest absolute Gasteiger partial charge is 0.275 e. The van der Waals surface area contributed by atoms with Gasteiger partial charge in [0.2, 0.25) is 0 Å². The number of piperazine rings is 1. The lowest BCUT2D eigenvalue weighted by molar-refractivity contribution is -0.0257. The summed E-state index contributed by atoms with van der Waals surface area (Å²) in [6.07, 6.45) is 5.65. The zero-order chi connectivity index (χ0) is 28.6. The van der Waals surface area contributed by atoms with E-state index in [9.17, 15) is 4.79 Å². The number of amides is 1. The molecule has 2 aromatic carbocycles. The van der Waals surface area contributed by atoms with Crippen molar-refractivity contribution in [3.63, 3.8) is 0 Å². The van der Waals surface area contributed by atoms with Gasteiger partial charge in [0.15, 0.2) is 0 Å². The highest BCUT2D eigenvalue weighted by molar-refractivity contribution is 6.32. The number of rotatable bonds is 4. The highest BCUT2D eigenvalue weighted by atomic mass is 35.5. The SMILES string of the molecule is CN1CCN(C2CC(F)(F)c3cc(NC(=O)c4ccc(Cl)c(C#Cc5cncc(N6CCCC6)c5)c4)ccc32)CC1. The van der Waals surface area contributed by atoms with Crippen LogP contribution in [0.25, 0.3) is 0 Å². The molecule has 1 unspecified atom stereocenters. The van der Waals surface area contributed by atoms with E-state index in [0.717, 1.165) is 50.5 Å². The Balaban J connectivity index is 1.18. The Morgan fingerprint density at radius 3 is 2.56 bits per heavy atom. The molecule has 3 aliphatic rings. The van der Waals surface area contributed by atoms with Crippen LogP contribution in [-0.2, 0) is 5.92 Å². The lowest BCUT2D eigenvalue weighted by Crippen LogP contribution is -2.45. The minimum absolute atomic E-state index is 0.00772. The fourth-order valence-electron chi connectivity index (χ4n) is 5.91. The number of hydrogen-bond donors (Lipinski definition) is 1. The number of anilines is 2. The molecule has 0 bridgehead atoms. The Morgan fingerprint density at radius 2 is 1.78 bits per heavy atom. The molecule has 6 nitrogen and oxygen atoms in total. The van der Waals surface area contributed by atoms with Crippen molar-refractivity contribution in [2.75, 3.05) is 56.5 Å². The number of pyridine rings is 1. The zero-order valence-electron chi connectivity index (χ0n) is 23.0. The molecule has 0 spiro atoms. The van der Waals surface area contributed by atoms with Crippen LogP contribution in [0.15, 0.2) is 54.9 Å². The van der Waals surface area contributed by atoms with E-state index in [-0.39, 0.29) is 18.0 Å². The largest absolute Gasteiger partial charge is 0.370 e. The van der Waals surface area contributed by atoms with E-state index in [1.807, 2.05) is 19.3 Å². The van der Waals surface area contributed by atoms with E-state index in [0.29, 0.717) is 27.4 Å². The van der Waals surface area contributed by atoms with Crippen molar-refractivity contribution in [3.05, 3.63) is 87.7 Å². The molecule has 0 radical (unpaired) electrons. The average molecular weight is 576 g/mol. The van der Waals surface area contributed by atoms with E-state index in [1.165, 1.54) is 18.9 Å². The number of alkyl halides is 2. The topological polar surface area (TPSA) is 51.7 Å². The first-order valence-electron chi connectivity index (χ1n) is 14.0. The minimum atomic E-state index is -2.95. The molecular weight excluding hydrogens is 544 g/mol. The molecule has 1 aromatic heterocycles. The Kier molecular flexibility index (Phi) is 7.69. The van der Waals surface area contributed by atoms with Crippen LogP contribution in [0.5, 0.6) is 0 Å². The summed E-state index contributed by atoms with van der Waals surface area (Å²) in [5.41, 5.74) is 3.61. The van der Waals surface area contributed by atoms with Gasteiger partial charge >= 0.3 is 0 Å². The third-order valence-electron chi connectivity index (χ3n) is 8.26. The van der Waals surface area contributed by atoms with Gasteiger partial charge in [-0.05, 0) is 61.9 Å². The molecule has 1 atom stereocenters. The number of likely N-dealkylation sites (N-methyl/N-ethyl adjacent to an activating group) is 1. The first-order valence-corrected chi connectivity index (χ1v) is 14.4. The van der Waals surface area contributed by atoms with Gasteiger partial charge < -0.3 is 15.1 Å². The second-order valence-electron chi connectivity index (χ2n) is 11.1. The lowest BCUT2D eigenvalue weighted by Gasteiger charge is -2.36. The number of fused-ring (bicyclic) bond motifs is 1. The van der Waals surface area contributed by atoms with Crippen LogP contribution in [0.2, 0.25) is 5.02 Å². The fraction of sp³-hybridized carbons (Fsp3) is 0.375. The molecule has 1 N–H and O–H groups in total. The summed E-state index contributed by atoms with van der Waals surface area (Å²) < 4.78 is 30.2. The second-order valence-corrected chi connectivity index (χ2v) is 11.5. The molecule has 0 saturated carbocycles. The van der Waals surface area contributed by atoms with Crippen molar-refractivity contribution in [1.82, 2.24) is 14.8 Å². The molecule has 2 fully saturated rings. The lowest BCUT2D eigenvalue weighted by atomic mass is 10.0. The highest BCUT2D eigenvalue weighted by Crippen LogP contribution is 2.50. The van der Waals surface area contributed by atoms with Gasteiger partial charge in [0.1, 0.15) is 0 Å². The molecule has 41 heavy (non-hydrogen) atoms. The molecule has 2 aliphatic heterocycles. The maximum Gasteiger partial charge on any atom is 0.275 e. The number of hydrogen-bond acceptors (Lipinski definition) is 5. The highest BCUT2D eigenvalue weighted by Gasteiger charge is 2.47. The van der Waals surface area contributed by atoms with Gasteiger partial charge in [-0.1, -0.05) is 29.5 Å². The Hall–Kier alpha value is -3.51. The van der Waals surface area contributed by atoms with E-state index in [2.05, 4.69) is 36.8 Å². The van der Waals surface area contributed by atoms with E-state index < -0.39 is 11.8 Å². The minimum Gasteiger partial charge on any atom is -0.370 e. The fourth-order valence-corrected chi connectivity index (χ4v) is 6.08. The maximum absolute atomic E-state index is 15.1. The van der Waals surface area contributed by atoms with Crippen molar-refractivity contribution < 1.29 is 13.6 Å². The summed E-state index contributed by atoms with van der Waals surface area (Å²) in [5, 5.41) is 3.21. The third-order valence-corrected chi connectivity index (χ3v) is 8.59. The van der Waals surface area contributed by atoms with Crippen molar-refractivity contribution in [2.45, 2.75) is 31.2 Å². The van der Waals surface area contributed by atoms with Crippen molar-refractivity contribution in [3.8, 4) is 11.8 Å². The summed E-state index contributed by atoms with van der Waals surface area (Å²) in [6.45, 7) is 5.27. The molecule has 6 rings (SSSR count). The van der Waals surface area contributed by atoms with Crippen molar-refractivity contribution in [1.29, 1.82) is 0 Å². The number of halogens is 3. The summed E-state index contributed by atoms with van der Waals surface area (Å²) in [4.78, 5) is 24.1. The zero-order valence-corrected chi connectivity index (χ0v) is 23.7. The Labute approximate surface area is 244 Å². The van der Waals surface area contributed by atoms with E-state index >= 15 is 8.78 Å². The average Bonchev–Trinajstić information content (AvgIpc) is 3.60. The van der Waals surface area contributed by atoms with E-state index in [4.69, 9.17) is 11.6 Å².